The summed E-state index contributed by atoms with van der Waals surface area (Å²) in [4.78, 5) is 14.3. The molecule has 3 heteroatoms. The molecule has 0 aromatic rings. The molecule has 0 aromatic carbocycles. The first kappa shape index (κ1) is 9.46. The van der Waals surface area contributed by atoms with E-state index in [1.54, 1.807) is 0 Å². The van der Waals surface area contributed by atoms with Gasteiger partial charge in [0, 0.05) is 18.4 Å². The van der Waals surface area contributed by atoms with Crippen LogP contribution in [0.4, 0.5) is 0 Å². The molecule has 0 radical (unpaired) electrons. The number of hydrogen-bond acceptors (Lipinski definition) is 3. The van der Waals surface area contributed by atoms with Crippen LogP contribution < -0.4 is 0 Å². The summed E-state index contributed by atoms with van der Waals surface area (Å²) < 4.78 is 5.83. The summed E-state index contributed by atoms with van der Waals surface area (Å²) >= 11 is 0. The summed E-state index contributed by atoms with van der Waals surface area (Å²) in [5, 5.41) is 0. The van der Waals surface area contributed by atoms with Gasteiger partial charge in [-0.05, 0) is 32.2 Å². The zero-order chi connectivity index (χ0) is 10.8. The first-order valence-electron chi connectivity index (χ1n) is 6.77. The van der Waals surface area contributed by atoms with E-state index in [9.17, 15) is 4.79 Å². The molecule has 0 amide bonds. The van der Waals surface area contributed by atoms with Crippen LogP contribution in [0.1, 0.15) is 44.9 Å². The fourth-order valence-corrected chi connectivity index (χ4v) is 4.80. The van der Waals surface area contributed by atoms with E-state index >= 15 is 0 Å². The van der Waals surface area contributed by atoms with E-state index in [0.717, 1.165) is 6.42 Å². The van der Waals surface area contributed by atoms with Crippen LogP contribution in [0.3, 0.4) is 0 Å². The van der Waals surface area contributed by atoms with E-state index in [1.807, 2.05) is 0 Å². The van der Waals surface area contributed by atoms with E-state index < -0.39 is 0 Å². The summed E-state index contributed by atoms with van der Waals surface area (Å²) in [6.45, 7) is 1.24. The van der Waals surface area contributed by atoms with Gasteiger partial charge in [0.2, 0.25) is 0 Å². The number of piperidine rings is 1. The Bertz CT molecular complexity index is 343. The quantitative estimate of drug-likeness (QED) is 0.583. The van der Waals surface area contributed by atoms with Gasteiger partial charge < -0.3 is 4.74 Å². The smallest absolute Gasteiger partial charge is 0.306 e. The van der Waals surface area contributed by atoms with E-state index in [1.165, 1.54) is 38.6 Å². The maximum absolute atomic E-state index is 11.6. The van der Waals surface area contributed by atoms with Gasteiger partial charge in [0.15, 0.2) is 0 Å². The molecule has 1 saturated carbocycles. The molecule has 4 atom stereocenters. The lowest BCUT2D eigenvalue weighted by atomic mass is 9.72. The number of rotatable bonds is 0. The summed E-state index contributed by atoms with van der Waals surface area (Å²) in [7, 11) is 0. The molecule has 0 aromatic heterocycles. The van der Waals surface area contributed by atoms with Crippen LogP contribution in [0.5, 0.6) is 0 Å². The molecule has 4 fully saturated rings. The Morgan fingerprint density at radius 3 is 3.12 bits per heavy atom. The minimum atomic E-state index is -0.0551. The van der Waals surface area contributed by atoms with Crippen LogP contribution in [-0.2, 0) is 9.53 Å². The van der Waals surface area contributed by atoms with Crippen molar-refractivity contribution in [2.24, 2.45) is 5.92 Å². The lowest BCUT2D eigenvalue weighted by molar-refractivity contribution is -0.152. The molecule has 3 saturated heterocycles. The normalized spacial score (nSPS) is 51.0. The third-order valence-corrected chi connectivity index (χ3v) is 5.39. The van der Waals surface area contributed by atoms with Gasteiger partial charge in [-0.15, -0.1) is 0 Å². The molecule has 3 heterocycles. The molecule has 16 heavy (non-hydrogen) atoms. The van der Waals surface area contributed by atoms with Gasteiger partial charge in [0.05, 0.1) is 12.5 Å². The summed E-state index contributed by atoms with van der Waals surface area (Å²) in [6.07, 6.45) is 8.23. The van der Waals surface area contributed by atoms with Crippen molar-refractivity contribution in [3.8, 4) is 0 Å². The zero-order valence-electron chi connectivity index (χ0n) is 9.65. The lowest BCUT2D eigenvalue weighted by Crippen LogP contribution is -2.49. The second-order valence-electron chi connectivity index (χ2n) is 6.01. The highest BCUT2D eigenvalue weighted by molar-refractivity contribution is 5.73. The molecule has 4 aliphatic rings. The standard InChI is InChI=1S/C13H19NO2/c15-12-7-9-4-5-10-8-13(9,16-12)11-3-1-2-6-14(10)11/h9-11H,1-8H2/t9-,10+,11-,13-/m1/s1. The van der Waals surface area contributed by atoms with Crippen LogP contribution in [0.2, 0.25) is 0 Å². The Kier molecular flexibility index (Phi) is 1.78. The first-order chi connectivity index (χ1) is 7.79. The molecule has 4 rings (SSSR count). The van der Waals surface area contributed by atoms with Crippen LogP contribution in [0.15, 0.2) is 0 Å². The zero-order valence-corrected chi connectivity index (χ0v) is 9.65. The molecule has 3 nitrogen and oxygen atoms in total. The Morgan fingerprint density at radius 1 is 1.25 bits per heavy atom. The molecular weight excluding hydrogens is 202 g/mol. The minimum Gasteiger partial charge on any atom is -0.457 e. The largest absolute Gasteiger partial charge is 0.457 e. The molecule has 1 spiro atoms. The maximum atomic E-state index is 11.6. The van der Waals surface area contributed by atoms with Crippen molar-refractivity contribution in [1.29, 1.82) is 0 Å². The van der Waals surface area contributed by atoms with Crippen molar-refractivity contribution in [2.45, 2.75) is 62.6 Å². The van der Waals surface area contributed by atoms with Gasteiger partial charge in [0.1, 0.15) is 5.60 Å². The molecular formula is C13H19NO2. The molecule has 2 bridgehead atoms. The Balaban J connectivity index is 1.76. The fourth-order valence-electron chi connectivity index (χ4n) is 4.80. The predicted octanol–water partition coefficient (Wildman–Crippen LogP) is 1.71. The van der Waals surface area contributed by atoms with Crippen LogP contribution >= 0.6 is 0 Å². The van der Waals surface area contributed by atoms with Crippen LogP contribution in [-0.4, -0.2) is 35.1 Å². The van der Waals surface area contributed by atoms with E-state index in [0.29, 0.717) is 24.4 Å². The highest BCUT2D eigenvalue weighted by Crippen LogP contribution is 2.55. The number of ether oxygens (including phenoxy) is 1. The van der Waals surface area contributed by atoms with Gasteiger partial charge in [0.25, 0.3) is 0 Å². The topological polar surface area (TPSA) is 29.5 Å². The van der Waals surface area contributed by atoms with Crippen molar-refractivity contribution in [3.63, 3.8) is 0 Å². The van der Waals surface area contributed by atoms with Gasteiger partial charge in [-0.25, -0.2) is 0 Å². The number of carbonyl (C=O) groups is 1. The molecule has 0 unspecified atom stereocenters. The summed E-state index contributed by atoms with van der Waals surface area (Å²) in [5.74, 6) is 0.599. The van der Waals surface area contributed by atoms with Gasteiger partial charge in [-0.2, -0.15) is 0 Å². The monoisotopic (exact) mass is 221 g/mol. The number of hydrogen-bond donors (Lipinski definition) is 0. The second-order valence-corrected chi connectivity index (χ2v) is 6.01. The minimum absolute atomic E-state index is 0.0551. The fraction of sp³-hybridized carbons (Fsp3) is 0.923. The summed E-state index contributed by atoms with van der Waals surface area (Å²) in [6, 6.07) is 1.28. The SMILES string of the molecule is O=C1C[C@H]2CC[C@H]3C[C@]2(O1)[C@H]1CCCCN31. The average molecular weight is 221 g/mol. The van der Waals surface area contributed by atoms with E-state index in [2.05, 4.69) is 4.90 Å². The van der Waals surface area contributed by atoms with Crippen molar-refractivity contribution < 1.29 is 9.53 Å². The Labute approximate surface area is 96.1 Å². The van der Waals surface area contributed by atoms with E-state index in [4.69, 9.17) is 4.74 Å². The van der Waals surface area contributed by atoms with Crippen molar-refractivity contribution in [1.82, 2.24) is 4.90 Å². The molecule has 3 aliphatic heterocycles. The number of fused-ring (bicyclic) bond motifs is 3. The van der Waals surface area contributed by atoms with E-state index in [-0.39, 0.29) is 11.6 Å². The highest BCUT2D eigenvalue weighted by atomic mass is 16.6. The van der Waals surface area contributed by atoms with Crippen molar-refractivity contribution in [2.75, 3.05) is 6.54 Å². The lowest BCUT2D eigenvalue weighted by Gasteiger charge is -2.39. The van der Waals surface area contributed by atoms with Gasteiger partial charge in [-0.1, -0.05) is 6.42 Å². The molecule has 0 N–H and O–H groups in total. The second kappa shape index (κ2) is 3.00. The summed E-state index contributed by atoms with van der Waals surface area (Å²) in [5.41, 5.74) is -0.0551. The number of carbonyl (C=O) groups excluding carboxylic acids is 1. The average Bonchev–Trinajstić information content (AvgIpc) is 2.76. The van der Waals surface area contributed by atoms with Crippen LogP contribution in [0, 0.1) is 5.92 Å². The first-order valence-corrected chi connectivity index (χ1v) is 6.77. The Morgan fingerprint density at radius 2 is 2.19 bits per heavy atom. The third kappa shape index (κ3) is 1.01. The number of esters is 1. The van der Waals surface area contributed by atoms with Crippen molar-refractivity contribution >= 4 is 5.97 Å². The van der Waals surface area contributed by atoms with Crippen LogP contribution in [0.25, 0.3) is 0 Å². The van der Waals surface area contributed by atoms with Gasteiger partial charge >= 0.3 is 5.97 Å². The maximum Gasteiger partial charge on any atom is 0.306 e. The molecule has 88 valence electrons. The van der Waals surface area contributed by atoms with Crippen molar-refractivity contribution in [3.05, 3.63) is 0 Å². The molecule has 1 aliphatic carbocycles. The predicted molar refractivity (Wildman–Crippen MR) is 58.9 cm³/mol. The van der Waals surface area contributed by atoms with Gasteiger partial charge in [-0.3, -0.25) is 9.69 Å². The Hall–Kier alpha value is -0.570. The number of nitrogens with zero attached hydrogens (tertiary/aromatic N) is 1. The third-order valence-electron chi connectivity index (χ3n) is 5.39. The highest BCUT2D eigenvalue weighted by Gasteiger charge is 2.64.